The van der Waals surface area contributed by atoms with Gasteiger partial charge in [0, 0.05) is 56.7 Å². The van der Waals surface area contributed by atoms with Gasteiger partial charge in [0.25, 0.3) is 0 Å². The Balaban J connectivity index is 1.41. The Morgan fingerprint density at radius 2 is 2.08 bits per heavy atom. The number of aliphatic hydroxyl groups is 1. The first-order valence-electron chi connectivity index (χ1n) is 13.4. The van der Waals surface area contributed by atoms with Crippen molar-refractivity contribution in [3.8, 4) is 11.3 Å². The average molecular weight is 546 g/mol. The van der Waals surface area contributed by atoms with Crippen molar-refractivity contribution >= 4 is 17.5 Å². The molecule has 5 rings (SSSR count). The van der Waals surface area contributed by atoms with Gasteiger partial charge < -0.3 is 20.2 Å². The van der Waals surface area contributed by atoms with E-state index in [-0.39, 0.29) is 24.0 Å². The Morgan fingerprint density at radius 3 is 2.80 bits per heavy atom. The molecule has 0 fully saturated rings. The van der Waals surface area contributed by atoms with Crippen LogP contribution in [0, 0.1) is 0 Å². The first-order chi connectivity index (χ1) is 19.2. The predicted molar refractivity (Wildman–Crippen MR) is 149 cm³/mol. The minimum atomic E-state index is -0.395. The molecule has 3 aromatic heterocycles. The minimum Gasteiger partial charge on any atom is -0.416 e. The summed E-state index contributed by atoms with van der Waals surface area (Å²) >= 11 is 0. The SMILES string of the molecule is Cn1cc(Nc2nccc(-c3ccc4c(c3)CN(CCCO)CC[C@H]4NC(=O)c3nnc(C(C)(C)C)o3)n2)cn1. The first kappa shape index (κ1) is 27.4. The van der Waals surface area contributed by atoms with Gasteiger partial charge in [0.2, 0.25) is 11.8 Å². The predicted octanol–water partition coefficient (Wildman–Crippen LogP) is 3.36. The van der Waals surface area contributed by atoms with Gasteiger partial charge in [-0.15, -0.1) is 10.2 Å². The molecule has 1 atom stereocenters. The molecule has 0 spiro atoms. The number of carbonyl (C=O) groups excluding carboxylic acids is 1. The molecule has 1 amide bonds. The van der Waals surface area contributed by atoms with Crippen molar-refractivity contribution in [1.29, 1.82) is 0 Å². The van der Waals surface area contributed by atoms with Gasteiger partial charge in [0.15, 0.2) is 0 Å². The van der Waals surface area contributed by atoms with E-state index in [1.54, 1.807) is 17.1 Å². The molecule has 0 unspecified atom stereocenters. The summed E-state index contributed by atoms with van der Waals surface area (Å²) in [5.41, 5.74) is 4.28. The number of benzene rings is 1. The Kier molecular flexibility index (Phi) is 7.90. The van der Waals surface area contributed by atoms with Crippen molar-refractivity contribution in [1.82, 2.24) is 40.2 Å². The number of anilines is 2. The van der Waals surface area contributed by atoms with E-state index in [1.807, 2.05) is 46.1 Å². The van der Waals surface area contributed by atoms with Gasteiger partial charge in [-0.2, -0.15) is 5.10 Å². The Hall–Kier alpha value is -4.16. The third kappa shape index (κ3) is 6.35. The van der Waals surface area contributed by atoms with Gasteiger partial charge >= 0.3 is 11.8 Å². The maximum absolute atomic E-state index is 13.1. The highest BCUT2D eigenvalue weighted by Crippen LogP contribution is 2.31. The molecule has 12 heteroatoms. The van der Waals surface area contributed by atoms with Crippen LogP contribution in [0.4, 0.5) is 11.6 Å². The van der Waals surface area contributed by atoms with E-state index >= 15 is 0 Å². The normalized spacial score (nSPS) is 15.9. The fourth-order valence-corrected chi connectivity index (χ4v) is 4.70. The second-order valence-corrected chi connectivity index (χ2v) is 11.0. The molecule has 1 aliphatic heterocycles. The number of fused-ring (bicyclic) bond motifs is 1. The number of aliphatic hydroxyl groups excluding tert-OH is 1. The van der Waals surface area contributed by atoms with E-state index in [0.29, 0.717) is 31.2 Å². The van der Waals surface area contributed by atoms with Crippen LogP contribution in [0.15, 0.2) is 47.3 Å². The van der Waals surface area contributed by atoms with E-state index < -0.39 is 5.91 Å². The van der Waals surface area contributed by atoms with Crippen molar-refractivity contribution in [2.75, 3.05) is 25.0 Å². The summed E-state index contributed by atoms with van der Waals surface area (Å²) in [5, 5.41) is 27.9. The molecule has 0 saturated carbocycles. The zero-order valence-electron chi connectivity index (χ0n) is 23.3. The molecule has 0 radical (unpaired) electrons. The Morgan fingerprint density at radius 1 is 1.23 bits per heavy atom. The summed E-state index contributed by atoms with van der Waals surface area (Å²) in [6, 6.07) is 7.82. The molecule has 4 aromatic rings. The third-order valence-electron chi connectivity index (χ3n) is 6.76. The minimum absolute atomic E-state index is 0.0425. The van der Waals surface area contributed by atoms with E-state index in [4.69, 9.17) is 9.40 Å². The molecule has 1 aromatic carbocycles. The smallest absolute Gasteiger partial charge is 0.309 e. The van der Waals surface area contributed by atoms with E-state index in [2.05, 4.69) is 47.9 Å². The number of carbonyl (C=O) groups is 1. The molecule has 40 heavy (non-hydrogen) atoms. The van der Waals surface area contributed by atoms with Crippen molar-refractivity contribution in [3.05, 3.63) is 65.8 Å². The van der Waals surface area contributed by atoms with Gasteiger partial charge in [0.1, 0.15) is 0 Å². The van der Waals surface area contributed by atoms with Crippen LogP contribution >= 0.6 is 0 Å². The first-order valence-corrected chi connectivity index (χ1v) is 13.4. The number of amides is 1. The van der Waals surface area contributed by atoms with E-state index in [1.165, 1.54) is 0 Å². The molecule has 0 aliphatic carbocycles. The molecular formula is C28H35N9O3. The van der Waals surface area contributed by atoms with Crippen LogP contribution in [0.25, 0.3) is 11.3 Å². The van der Waals surface area contributed by atoms with Crippen LogP contribution in [0.3, 0.4) is 0 Å². The second kappa shape index (κ2) is 11.5. The van der Waals surface area contributed by atoms with Crippen molar-refractivity contribution < 1.29 is 14.3 Å². The summed E-state index contributed by atoms with van der Waals surface area (Å²) in [5.74, 6) is 0.457. The monoisotopic (exact) mass is 545 g/mol. The maximum Gasteiger partial charge on any atom is 0.309 e. The lowest BCUT2D eigenvalue weighted by molar-refractivity contribution is 0.0894. The van der Waals surface area contributed by atoms with Crippen LogP contribution in [-0.4, -0.2) is 65.6 Å². The van der Waals surface area contributed by atoms with E-state index in [9.17, 15) is 9.90 Å². The number of aromatic nitrogens is 6. The summed E-state index contributed by atoms with van der Waals surface area (Å²) in [6.45, 7) is 8.21. The topological polar surface area (TPSA) is 147 Å². The molecule has 3 N–H and O–H groups in total. The lowest BCUT2D eigenvalue weighted by atomic mass is 9.96. The van der Waals surface area contributed by atoms with Gasteiger partial charge in [-0.3, -0.25) is 14.4 Å². The van der Waals surface area contributed by atoms with Crippen molar-refractivity contribution in [2.24, 2.45) is 7.05 Å². The van der Waals surface area contributed by atoms with Crippen molar-refractivity contribution in [3.63, 3.8) is 0 Å². The standard InChI is InChI=1S/C28H35N9O3/c1-28(2,3)26-35-34-25(40-26)24(39)32-23-9-12-37(11-5-13-38)16-19-14-18(6-7-21(19)23)22-8-10-29-27(33-22)31-20-15-30-36(4)17-20/h6-8,10,14-15,17,23,38H,5,9,11-13,16H2,1-4H3,(H,32,39)(H,29,31,33)/t23-/m1/s1. The third-order valence-corrected chi connectivity index (χ3v) is 6.76. The lowest BCUT2D eigenvalue weighted by Gasteiger charge is -2.20. The van der Waals surface area contributed by atoms with Crippen LogP contribution in [0.2, 0.25) is 0 Å². The molecule has 12 nitrogen and oxygen atoms in total. The molecule has 1 aliphatic rings. The summed E-state index contributed by atoms with van der Waals surface area (Å²) in [7, 11) is 1.85. The number of rotatable bonds is 8. The number of hydrogen-bond donors (Lipinski definition) is 3. The molecule has 0 bridgehead atoms. The van der Waals surface area contributed by atoms with Crippen LogP contribution in [0.1, 0.15) is 67.4 Å². The van der Waals surface area contributed by atoms with Crippen LogP contribution in [0.5, 0.6) is 0 Å². The lowest BCUT2D eigenvalue weighted by Crippen LogP contribution is -2.30. The molecule has 210 valence electrons. The highest BCUT2D eigenvalue weighted by molar-refractivity contribution is 5.89. The summed E-state index contributed by atoms with van der Waals surface area (Å²) in [6.07, 6.45) is 6.67. The van der Waals surface area contributed by atoms with Gasteiger partial charge in [0.05, 0.1) is 23.6 Å². The van der Waals surface area contributed by atoms with Gasteiger partial charge in [-0.1, -0.05) is 32.9 Å². The summed E-state index contributed by atoms with van der Waals surface area (Å²) < 4.78 is 7.39. The molecule has 4 heterocycles. The zero-order valence-corrected chi connectivity index (χ0v) is 23.3. The summed E-state index contributed by atoms with van der Waals surface area (Å²) in [4.78, 5) is 24.5. The van der Waals surface area contributed by atoms with Crippen LogP contribution in [-0.2, 0) is 19.0 Å². The zero-order chi connectivity index (χ0) is 28.3. The Bertz CT molecular complexity index is 1470. The van der Waals surface area contributed by atoms with Crippen molar-refractivity contribution in [2.45, 2.75) is 51.6 Å². The highest BCUT2D eigenvalue weighted by Gasteiger charge is 2.28. The molecular weight excluding hydrogens is 510 g/mol. The number of hydrogen-bond acceptors (Lipinski definition) is 10. The maximum atomic E-state index is 13.1. The fraction of sp³-hybridized carbons (Fsp3) is 0.429. The average Bonchev–Trinajstić information content (AvgIpc) is 3.55. The number of nitrogens with one attached hydrogen (secondary N) is 2. The second-order valence-electron chi connectivity index (χ2n) is 11.0. The highest BCUT2D eigenvalue weighted by atomic mass is 16.4. The quantitative estimate of drug-likeness (QED) is 0.301. The number of nitrogens with zero attached hydrogens (tertiary/aromatic N) is 7. The van der Waals surface area contributed by atoms with Gasteiger partial charge in [-0.25, -0.2) is 9.97 Å². The van der Waals surface area contributed by atoms with Gasteiger partial charge in [-0.05, 0) is 36.1 Å². The van der Waals surface area contributed by atoms with E-state index in [0.717, 1.165) is 41.2 Å². The fourth-order valence-electron chi connectivity index (χ4n) is 4.70. The van der Waals surface area contributed by atoms with Crippen LogP contribution < -0.4 is 10.6 Å². The largest absolute Gasteiger partial charge is 0.416 e. The molecule has 0 saturated heterocycles. The number of aryl methyl sites for hydroxylation is 1. The Labute approximate surface area is 232 Å².